The summed E-state index contributed by atoms with van der Waals surface area (Å²) >= 11 is 10.9. The van der Waals surface area contributed by atoms with Gasteiger partial charge in [0.05, 0.1) is 10.6 Å². The van der Waals surface area contributed by atoms with Crippen molar-refractivity contribution < 1.29 is 9.90 Å². The number of carboxylic acid groups (broad SMARTS) is 1. The van der Waals surface area contributed by atoms with E-state index in [-0.39, 0.29) is 5.56 Å². The van der Waals surface area contributed by atoms with Crippen LogP contribution < -0.4 is 0 Å². The zero-order valence-electron chi connectivity index (χ0n) is 5.64. The molecule has 0 spiro atoms. The van der Waals surface area contributed by atoms with Crippen LogP contribution in [0.25, 0.3) is 0 Å². The Morgan fingerprint density at radius 3 is 2.67 bits per heavy atom. The minimum Gasteiger partial charge on any atom is -0.478 e. The van der Waals surface area contributed by atoms with Gasteiger partial charge in [0.15, 0.2) is 0 Å². The molecule has 0 unspecified atom stereocenters. The molecule has 0 radical (unpaired) electrons. The molecule has 5 heteroatoms. The lowest BCUT2D eigenvalue weighted by atomic mass is 10.2. The van der Waals surface area contributed by atoms with Crippen molar-refractivity contribution in [3.8, 4) is 0 Å². The molecule has 0 aromatic heterocycles. The zero-order valence-corrected chi connectivity index (χ0v) is 10.1. The molecule has 1 aromatic rings. The van der Waals surface area contributed by atoms with Crippen LogP contribution in [-0.4, -0.2) is 11.1 Å². The van der Waals surface area contributed by atoms with Crippen molar-refractivity contribution in [2.45, 2.75) is 0 Å². The first-order valence-electron chi connectivity index (χ1n) is 2.90. The fourth-order valence-electron chi connectivity index (χ4n) is 0.686. The minimum absolute atomic E-state index is 0.226. The van der Waals surface area contributed by atoms with Gasteiger partial charge in [-0.15, -0.1) is 0 Å². The second kappa shape index (κ2) is 3.93. The molecular weight excluding hydrogens is 358 g/mol. The number of carbonyl (C=O) groups is 1. The molecule has 1 aromatic carbocycles. The molecule has 1 rings (SSSR count). The van der Waals surface area contributed by atoms with E-state index in [2.05, 4.69) is 15.9 Å². The van der Waals surface area contributed by atoms with Crippen molar-refractivity contribution in [1.82, 2.24) is 0 Å². The average Bonchev–Trinajstić information content (AvgIpc) is 1.96. The van der Waals surface area contributed by atoms with Gasteiger partial charge in [-0.2, -0.15) is 0 Å². The molecular formula is C7H3BrClIO2. The summed E-state index contributed by atoms with van der Waals surface area (Å²) in [5, 5.41) is 9.11. The Morgan fingerprint density at radius 1 is 1.58 bits per heavy atom. The highest BCUT2D eigenvalue weighted by Crippen LogP contribution is 2.27. The van der Waals surface area contributed by atoms with Gasteiger partial charge in [0.25, 0.3) is 0 Å². The molecule has 0 aliphatic rings. The lowest BCUT2D eigenvalue weighted by Crippen LogP contribution is -1.99. The van der Waals surface area contributed by atoms with Gasteiger partial charge < -0.3 is 5.11 Å². The van der Waals surface area contributed by atoms with Gasteiger partial charge in [0, 0.05) is 8.04 Å². The number of hydrogen-bond acceptors (Lipinski definition) is 1. The van der Waals surface area contributed by atoms with Crippen molar-refractivity contribution in [3.05, 3.63) is 30.8 Å². The van der Waals surface area contributed by atoms with Crippen LogP contribution in [0.1, 0.15) is 10.4 Å². The fourth-order valence-corrected chi connectivity index (χ4v) is 2.32. The van der Waals surface area contributed by atoms with Crippen LogP contribution in [0.4, 0.5) is 0 Å². The highest BCUT2D eigenvalue weighted by atomic mass is 127. The Morgan fingerprint density at radius 2 is 2.17 bits per heavy atom. The summed E-state index contributed by atoms with van der Waals surface area (Å²) < 4.78 is 1.37. The standard InChI is InChI=1S/C7H3BrClIO2/c8-4-2-6(10)3(7(11)12)1-5(4)9/h1-2H,(H,11,12). The van der Waals surface area contributed by atoms with Crippen LogP contribution in [0.2, 0.25) is 5.02 Å². The minimum atomic E-state index is -0.964. The van der Waals surface area contributed by atoms with E-state index < -0.39 is 5.97 Å². The van der Waals surface area contributed by atoms with E-state index in [0.717, 1.165) is 0 Å². The summed E-state index contributed by atoms with van der Waals surface area (Å²) in [6.45, 7) is 0. The lowest BCUT2D eigenvalue weighted by Gasteiger charge is -2.01. The largest absolute Gasteiger partial charge is 0.478 e. The first-order chi connectivity index (χ1) is 5.52. The quantitative estimate of drug-likeness (QED) is 0.615. The number of aromatic carboxylic acids is 1. The van der Waals surface area contributed by atoms with Crippen molar-refractivity contribution >= 4 is 56.1 Å². The second-order valence-electron chi connectivity index (χ2n) is 2.05. The third-order valence-corrected chi connectivity index (χ3v) is 3.33. The molecule has 12 heavy (non-hydrogen) atoms. The Bertz CT molecular complexity index is 340. The van der Waals surface area contributed by atoms with Gasteiger partial charge in [-0.1, -0.05) is 11.6 Å². The third kappa shape index (κ3) is 2.11. The van der Waals surface area contributed by atoms with E-state index >= 15 is 0 Å². The molecule has 0 saturated carbocycles. The van der Waals surface area contributed by atoms with Crippen LogP contribution in [0.15, 0.2) is 16.6 Å². The maximum Gasteiger partial charge on any atom is 0.336 e. The highest BCUT2D eigenvalue weighted by molar-refractivity contribution is 14.1. The van der Waals surface area contributed by atoms with Crippen LogP contribution in [0, 0.1) is 3.57 Å². The van der Waals surface area contributed by atoms with Gasteiger partial charge in [-0.25, -0.2) is 4.79 Å². The molecule has 0 aliphatic carbocycles. The average molecular weight is 361 g/mol. The van der Waals surface area contributed by atoms with Crippen LogP contribution in [0.3, 0.4) is 0 Å². The zero-order chi connectivity index (χ0) is 9.30. The van der Waals surface area contributed by atoms with Crippen LogP contribution in [-0.2, 0) is 0 Å². The topological polar surface area (TPSA) is 37.3 Å². The van der Waals surface area contributed by atoms with E-state index in [9.17, 15) is 4.79 Å². The number of hydrogen-bond donors (Lipinski definition) is 1. The van der Waals surface area contributed by atoms with Gasteiger partial charge in [-0.3, -0.25) is 0 Å². The van der Waals surface area contributed by atoms with Gasteiger partial charge in [0.1, 0.15) is 0 Å². The monoisotopic (exact) mass is 360 g/mol. The molecule has 0 atom stereocenters. The molecule has 1 N–H and O–H groups in total. The van der Waals surface area contributed by atoms with E-state index in [0.29, 0.717) is 13.1 Å². The Labute approximate surface area is 96.2 Å². The molecule has 0 heterocycles. The van der Waals surface area contributed by atoms with Gasteiger partial charge in [-0.05, 0) is 50.7 Å². The summed E-state index contributed by atoms with van der Waals surface area (Å²) in [6, 6.07) is 3.10. The predicted octanol–water partition coefficient (Wildman–Crippen LogP) is 3.41. The van der Waals surface area contributed by atoms with Crippen LogP contribution >= 0.6 is 50.1 Å². The summed E-state index contributed by atoms with van der Waals surface area (Å²) in [5.41, 5.74) is 0.226. The van der Waals surface area contributed by atoms with Crippen molar-refractivity contribution in [2.24, 2.45) is 0 Å². The van der Waals surface area contributed by atoms with Crippen molar-refractivity contribution in [1.29, 1.82) is 0 Å². The SMILES string of the molecule is O=C(O)c1cc(Cl)c(Br)cc1I. The molecule has 0 aliphatic heterocycles. The molecule has 0 saturated heterocycles. The number of carboxylic acids is 1. The highest BCUT2D eigenvalue weighted by Gasteiger charge is 2.10. The van der Waals surface area contributed by atoms with Crippen molar-refractivity contribution in [2.75, 3.05) is 0 Å². The number of benzene rings is 1. The van der Waals surface area contributed by atoms with Gasteiger partial charge in [0.2, 0.25) is 0 Å². The smallest absolute Gasteiger partial charge is 0.336 e. The maximum atomic E-state index is 10.6. The van der Waals surface area contributed by atoms with E-state index in [1.54, 1.807) is 6.07 Å². The summed E-state index contributed by atoms with van der Waals surface area (Å²) in [6.07, 6.45) is 0. The Balaban J connectivity index is 3.33. The first kappa shape index (κ1) is 10.3. The predicted molar refractivity (Wildman–Crippen MR) is 58.8 cm³/mol. The molecule has 0 bridgehead atoms. The lowest BCUT2D eigenvalue weighted by molar-refractivity contribution is 0.0695. The van der Waals surface area contributed by atoms with E-state index in [4.69, 9.17) is 16.7 Å². The summed E-state index contributed by atoms with van der Waals surface area (Å²) in [7, 11) is 0. The summed E-state index contributed by atoms with van der Waals surface area (Å²) in [4.78, 5) is 10.6. The number of halogens is 3. The number of rotatable bonds is 1. The van der Waals surface area contributed by atoms with Crippen molar-refractivity contribution in [3.63, 3.8) is 0 Å². The van der Waals surface area contributed by atoms with Crippen LogP contribution in [0.5, 0.6) is 0 Å². The van der Waals surface area contributed by atoms with E-state index in [1.165, 1.54) is 6.07 Å². The first-order valence-corrected chi connectivity index (χ1v) is 5.15. The molecule has 64 valence electrons. The second-order valence-corrected chi connectivity index (χ2v) is 4.48. The molecule has 0 amide bonds. The van der Waals surface area contributed by atoms with E-state index in [1.807, 2.05) is 22.6 Å². The fraction of sp³-hybridized carbons (Fsp3) is 0. The normalized spacial score (nSPS) is 9.92. The Kier molecular flexibility index (Phi) is 3.37. The molecule has 0 fully saturated rings. The molecule has 2 nitrogen and oxygen atoms in total. The third-order valence-electron chi connectivity index (χ3n) is 1.24. The Hall–Kier alpha value is 0.190. The maximum absolute atomic E-state index is 10.6. The summed E-state index contributed by atoms with van der Waals surface area (Å²) in [5.74, 6) is -0.964. The van der Waals surface area contributed by atoms with Gasteiger partial charge >= 0.3 is 5.97 Å².